The Morgan fingerprint density at radius 3 is 2.37 bits per heavy atom. The molecule has 0 atom stereocenters. The molecule has 30 heavy (non-hydrogen) atoms. The van der Waals surface area contributed by atoms with Gasteiger partial charge in [0.2, 0.25) is 15.9 Å². The second-order valence-corrected chi connectivity index (χ2v) is 10.2. The number of rotatable bonds is 9. The largest absolute Gasteiger partial charge is 0.341 e. The van der Waals surface area contributed by atoms with Crippen LogP contribution in [0.2, 0.25) is 0 Å². The Hall–Kier alpha value is -1.93. The first-order valence-electron chi connectivity index (χ1n) is 11.0. The molecule has 0 saturated heterocycles. The van der Waals surface area contributed by atoms with Crippen LogP contribution < -0.4 is 10.0 Å². The maximum atomic E-state index is 13.2. The van der Waals surface area contributed by atoms with Crippen molar-refractivity contribution in [3.8, 4) is 0 Å². The predicted octanol–water partition coefficient (Wildman–Crippen LogP) is 2.68. The smallest absolute Gasteiger partial charge is 0.252 e. The van der Waals surface area contributed by atoms with Gasteiger partial charge in [0.25, 0.3) is 5.91 Å². The Balaban J connectivity index is 1.79. The van der Waals surface area contributed by atoms with Crippen LogP contribution in [0, 0.1) is 5.92 Å². The van der Waals surface area contributed by atoms with Crippen molar-refractivity contribution >= 4 is 21.8 Å². The molecular formula is C22H33N3O4S. The van der Waals surface area contributed by atoms with E-state index < -0.39 is 21.5 Å². The summed E-state index contributed by atoms with van der Waals surface area (Å²) in [7, 11) is -3.66. The highest BCUT2D eigenvalue weighted by atomic mass is 32.2. The van der Waals surface area contributed by atoms with Crippen LogP contribution in [0.4, 0.5) is 0 Å². The van der Waals surface area contributed by atoms with Crippen LogP contribution in [-0.4, -0.2) is 50.3 Å². The molecule has 2 aliphatic carbocycles. The number of nitrogens with zero attached hydrogens (tertiary/aromatic N) is 1. The topological polar surface area (TPSA) is 95.6 Å². The first kappa shape index (κ1) is 22.7. The van der Waals surface area contributed by atoms with Crippen molar-refractivity contribution in [1.82, 2.24) is 14.9 Å². The molecule has 0 radical (unpaired) electrons. The molecule has 7 nitrogen and oxygen atoms in total. The van der Waals surface area contributed by atoms with Gasteiger partial charge in [-0.25, -0.2) is 13.1 Å². The van der Waals surface area contributed by atoms with Crippen LogP contribution in [0.5, 0.6) is 0 Å². The Labute approximate surface area is 179 Å². The van der Waals surface area contributed by atoms with Crippen LogP contribution in [0.15, 0.2) is 29.2 Å². The number of benzene rings is 1. The molecule has 1 aromatic carbocycles. The number of hydrogen-bond donors (Lipinski definition) is 2. The number of carbonyl (C=O) groups is 2. The van der Waals surface area contributed by atoms with E-state index in [1.54, 1.807) is 17.0 Å². The summed E-state index contributed by atoms with van der Waals surface area (Å²) >= 11 is 0. The lowest BCUT2D eigenvalue weighted by Crippen LogP contribution is -2.60. The van der Waals surface area contributed by atoms with Gasteiger partial charge in [-0.3, -0.25) is 9.59 Å². The molecule has 2 N–H and O–H groups in total. The summed E-state index contributed by atoms with van der Waals surface area (Å²) in [5.41, 5.74) is -0.665. The van der Waals surface area contributed by atoms with Crippen LogP contribution in [0.1, 0.15) is 69.2 Å². The van der Waals surface area contributed by atoms with E-state index in [2.05, 4.69) is 10.0 Å². The number of amides is 2. The van der Waals surface area contributed by atoms with Gasteiger partial charge in [-0.15, -0.1) is 0 Å². The number of nitrogens with one attached hydrogen (secondary N) is 2. The first-order chi connectivity index (χ1) is 14.3. The summed E-state index contributed by atoms with van der Waals surface area (Å²) < 4.78 is 27.7. The van der Waals surface area contributed by atoms with Crippen LogP contribution >= 0.6 is 0 Å². The fourth-order valence-corrected chi connectivity index (χ4v) is 5.25. The average molecular weight is 436 g/mol. The van der Waals surface area contributed by atoms with Crippen molar-refractivity contribution in [2.24, 2.45) is 5.92 Å². The Kier molecular flexibility index (Phi) is 7.18. The summed E-state index contributed by atoms with van der Waals surface area (Å²) in [5, 5.41) is 2.99. The maximum Gasteiger partial charge on any atom is 0.252 e. The highest BCUT2D eigenvalue weighted by Crippen LogP contribution is 2.31. The minimum absolute atomic E-state index is 0.0459. The molecule has 0 aromatic heterocycles. The van der Waals surface area contributed by atoms with Crippen LogP contribution in [0.25, 0.3) is 0 Å². The quantitative estimate of drug-likeness (QED) is 0.623. The standard InChI is InChI=1S/C22H33N3O4S/c1-3-25(4-2)21(27)22(13-6-5-7-14-22)24-20(26)18-9-8-10-19(15-18)30(28,29)23-16-17-11-12-17/h8-10,15,17,23H,3-7,11-14,16H2,1-2H3,(H,24,26). The van der Waals surface area contributed by atoms with Crippen molar-refractivity contribution in [1.29, 1.82) is 0 Å². The predicted molar refractivity (Wildman–Crippen MR) is 116 cm³/mol. The average Bonchev–Trinajstić information content (AvgIpc) is 3.58. The highest BCUT2D eigenvalue weighted by Gasteiger charge is 2.43. The zero-order valence-electron chi connectivity index (χ0n) is 17.9. The second kappa shape index (κ2) is 9.47. The molecule has 0 bridgehead atoms. The van der Waals surface area contributed by atoms with E-state index in [0.29, 0.717) is 38.4 Å². The second-order valence-electron chi connectivity index (χ2n) is 8.40. The van der Waals surface area contributed by atoms with Crippen LogP contribution in [0.3, 0.4) is 0 Å². The van der Waals surface area contributed by atoms with Crippen molar-refractivity contribution in [2.75, 3.05) is 19.6 Å². The molecule has 2 fully saturated rings. The minimum atomic E-state index is -3.66. The zero-order chi connectivity index (χ0) is 21.8. The molecule has 8 heteroatoms. The SMILES string of the molecule is CCN(CC)C(=O)C1(NC(=O)c2cccc(S(=O)(=O)NCC3CC3)c2)CCCCC1. The maximum absolute atomic E-state index is 13.2. The van der Waals surface area contributed by atoms with E-state index in [0.717, 1.165) is 32.1 Å². The van der Waals surface area contributed by atoms with Gasteiger partial charge in [0.05, 0.1) is 4.90 Å². The number of carbonyl (C=O) groups excluding carboxylic acids is 2. The molecule has 2 saturated carbocycles. The van der Waals surface area contributed by atoms with Gasteiger partial charge in [-0.2, -0.15) is 0 Å². The third-order valence-corrected chi connectivity index (χ3v) is 7.61. The van der Waals surface area contributed by atoms with Crippen molar-refractivity contribution < 1.29 is 18.0 Å². The monoisotopic (exact) mass is 435 g/mol. The highest BCUT2D eigenvalue weighted by molar-refractivity contribution is 7.89. The van der Waals surface area contributed by atoms with Gasteiger partial charge in [0, 0.05) is 25.2 Å². The lowest BCUT2D eigenvalue weighted by Gasteiger charge is -2.40. The van der Waals surface area contributed by atoms with Crippen molar-refractivity contribution in [3.05, 3.63) is 29.8 Å². The van der Waals surface area contributed by atoms with Crippen LogP contribution in [-0.2, 0) is 14.8 Å². The molecule has 3 rings (SSSR count). The van der Waals surface area contributed by atoms with Gasteiger partial charge in [0.1, 0.15) is 5.54 Å². The Morgan fingerprint density at radius 2 is 1.77 bits per heavy atom. The first-order valence-corrected chi connectivity index (χ1v) is 12.5. The fourth-order valence-electron chi connectivity index (χ4n) is 4.09. The summed E-state index contributed by atoms with van der Waals surface area (Å²) in [6.45, 7) is 5.48. The van der Waals surface area contributed by atoms with E-state index >= 15 is 0 Å². The number of likely N-dealkylation sites (N-methyl/N-ethyl adjacent to an activating group) is 1. The van der Waals surface area contributed by atoms with Gasteiger partial charge in [0.15, 0.2) is 0 Å². The van der Waals surface area contributed by atoms with Gasteiger partial charge < -0.3 is 10.2 Å². The van der Waals surface area contributed by atoms with E-state index in [9.17, 15) is 18.0 Å². The lowest BCUT2D eigenvalue weighted by molar-refractivity contribution is -0.139. The molecule has 1 aromatic rings. The molecule has 2 aliphatic rings. The molecule has 2 amide bonds. The Bertz CT molecular complexity index is 870. The molecule has 0 aliphatic heterocycles. The third-order valence-electron chi connectivity index (χ3n) is 6.19. The van der Waals surface area contributed by atoms with Crippen molar-refractivity contribution in [3.63, 3.8) is 0 Å². The van der Waals surface area contributed by atoms with E-state index in [4.69, 9.17) is 0 Å². The summed E-state index contributed by atoms with van der Waals surface area (Å²) in [5.74, 6) is -0.0319. The van der Waals surface area contributed by atoms with Gasteiger partial charge in [-0.05, 0) is 63.6 Å². The molecule has 0 unspecified atom stereocenters. The van der Waals surface area contributed by atoms with E-state index in [1.807, 2.05) is 13.8 Å². The van der Waals surface area contributed by atoms with E-state index in [1.165, 1.54) is 12.1 Å². The van der Waals surface area contributed by atoms with Crippen molar-refractivity contribution in [2.45, 2.75) is 69.2 Å². The molecule has 0 spiro atoms. The summed E-state index contributed by atoms with van der Waals surface area (Å²) in [6.07, 6.45) is 6.12. The fraction of sp³-hybridized carbons (Fsp3) is 0.636. The molecular weight excluding hydrogens is 402 g/mol. The number of sulfonamides is 1. The summed E-state index contributed by atoms with van der Waals surface area (Å²) in [6, 6.07) is 6.04. The normalized spacial score (nSPS) is 18.6. The van der Waals surface area contributed by atoms with E-state index in [-0.39, 0.29) is 16.4 Å². The zero-order valence-corrected chi connectivity index (χ0v) is 18.8. The summed E-state index contributed by atoms with van der Waals surface area (Å²) in [4.78, 5) is 28.1. The van der Waals surface area contributed by atoms with Gasteiger partial charge in [-0.1, -0.05) is 25.3 Å². The van der Waals surface area contributed by atoms with Gasteiger partial charge >= 0.3 is 0 Å². The molecule has 166 valence electrons. The number of hydrogen-bond acceptors (Lipinski definition) is 4. The molecule has 0 heterocycles. The minimum Gasteiger partial charge on any atom is -0.341 e. The Morgan fingerprint density at radius 1 is 1.10 bits per heavy atom. The lowest BCUT2D eigenvalue weighted by atomic mass is 9.80. The third kappa shape index (κ3) is 5.21.